The molecule has 0 heteroatoms. The molecule has 0 atom stereocenters. The van der Waals surface area contributed by atoms with Gasteiger partial charge in [-0.05, 0) is 32.7 Å². The average molecular weight is 332 g/mol. The van der Waals surface area contributed by atoms with E-state index in [1.165, 1.54) is 32.7 Å². The van der Waals surface area contributed by atoms with E-state index in [-0.39, 0.29) is 0 Å². The van der Waals surface area contributed by atoms with Crippen molar-refractivity contribution in [2.75, 3.05) is 0 Å². The fraction of sp³-hybridized carbons (Fsp3) is 0. The summed E-state index contributed by atoms with van der Waals surface area (Å²) >= 11 is 0. The van der Waals surface area contributed by atoms with Crippen LogP contribution >= 0.6 is 0 Å². The first-order valence-corrected chi connectivity index (χ1v) is 8.89. The zero-order valence-electron chi connectivity index (χ0n) is 14.5. The zero-order chi connectivity index (χ0) is 17.6. The molecule has 0 heterocycles. The highest BCUT2D eigenvalue weighted by molar-refractivity contribution is 6.07. The Hall–Kier alpha value is -3.38. The lowest BCUT2D eigenvalue weighted by Gasteiger charge is -2.02. The number of rotatable bonds is 1. The number of fused-ring (bicyclic) bond motifs is 3. The Bertz CT molecular complexity index is 1020. The van der Waals surface area contributed by atoms with E-state index in [1.54, 1.807) is 0 Å². The molecule has 5 aromatic carbocycles. The van der Waals surface area contributed by atoms with E-state index in [2.05, 4.69) is 109 Å². The van der Waals surface area contributed by atoms with Crippen molar-refractivity contribution < 1.29 is 0 Å². The Morgan fingerprint density at radius 2 is 0.615 bits per heavy atom. The van der Waals surface area contributed by atoms with Crippen LogP contribution in [0.3, 0.4) is 0 Å². The van der Waals surface area contributed by atoms with Crippen LogP contribution in [0.5, 0.6) is 0 Å². The largest absolute Gasteiger partial charge is 0.0622 e. The SMILES string of the molecule is c1ccc(-c2ccccc2)cc1.c1ccc2c(c1)ccc1ccccc12. The fourth-order valence-corrected chi connectivity index (χ4v) is 3.22. The summed E-state index contributed by atoms with van der Waals surface area (Å²) in [5.74, 6) is 0. The molecule has 0 saturated heterocycles. The molecule has 0 N–H and O–H groups in total. The van der Waals surface area contributed by atoms with Gasteiger partial charge >= 0.3 is 0 Å². The molecule has 26 heavy (non-hydrogen) atoms. The Kier molecular flexibility index (Phi) is 4.75. The predicted octanol–water partition coefficient (Wildman–Crippen LogP) is 7.35. The Labute approximate surface area is 154 Å². The van der Waals surface area contributed by atoms with Crippen molar-refractivity contribution in [3.63, 3.8) is 0 Å². The highest BCUT2D eigenvalue weighted by atomic mass is 14.0. The second kappa shape index (κ2) is 7.67. The van der Waals surface area contributed by atoms with Gasteiger partial charge in [0, 0.05) is 0 Å². The number of hydrogen-bond acceptors (Lipinski definition) is 0. The molecule has 0 unspecified atom stereocenters. The summed E-state index contributed by atoms with van der Waals surface area (Å²) in [4.78, 5) is 0. The molecule has 0 fully saturated rings. The molecule has 0 aliphatic rings. The minimum absolute atomic E-state index is 1.28. The van der Waals surface area contributed by atoms with Gasteiger partial charge in [-0.3, -0.25) is 0 Å². The van der Waals surface area contributed by atoms with E-state index >= 15 is 0 Å². The maximum Gasteiger partial charge on any atom is -0.0105 e. The van der Waals surface area contributed by atoms with Gasteiger partial charge in [-0.25, -0.2) is 0 Å². The van der Waals surface area contributed by atoms with Gasteiger partial charge in [-0.2, -0.15) is 0 Å². The Balaban J connectivity index is 0.000000131. The molecule has 0 bridgehead atoms. The van der Waals surface area contributed by atoms with Gasteiger partial charge < -0.3 is 0 Å². The smallest absolute Gasteiger partial charge is 0.0105 e. The molecular formula is C26H20. The average Bonchev–Trinajstić information content (AvgIpc) is 2.75. The topological polar surface area (TPSA) is 0 Å². The Morgan fingerprint density at radius 1 is 0.269 bits per heavy atom. The van der Waals surface area contributed by atoms with Crippen LogP contribution in [0, 0.1) is 0 Å². The molecule has 0 aromatic heterocycles. The second-order valence-electron chi connectivity index (χ2n) is 6.24. The monoisotopic (exact) mass is 332 g/mol. The summed E-state index contributed by atoms with van der Waals surface area (Å²) < 4.78 is 0. The van der Waals surface area contributed by atoms with Crippen LogP contribution in [-0.2, 0) is 0 Å². The van der Waals surface area contributed by atoms with Crippen molar-refractivity contribution in [1.29, 1.82) is 0 Å². The maximum absolute atomic E-state index is 2.18. The van der Waals surface area contributed by atoms with Crippen LogP contribution in [0.2, 0.25) is 0 Å². The zero-order valence-corrected chi connectivity index (χ0v) is 14.5. The molecule has 5 aromatic rings. The first-order valence-electron chi connectivity index (χ1n) is 8.89. The molecule has 0 saturated carbocycles. The highest BCUT2D eigenvalue weighted by Gasteiger charge is 1.97. The van der Waals surface area contributed by atoms with Crippen molar-refractivity contribution in [2.45, 2.75) is 0 Å². The normalized spacial score (nSPS) is 10.3. The van der Waals surface area contributed by atoms with E-state index in [9.17, 15) is 0 Å². The maximum atomic E-state index is 2.18. The minimum Gasteiger partial charge on any atom is -0.0622 e. The highest BCUT2D eigenvalue weighted by Crippen LogP contribution is 2.24. The first-order chi connectivity index (χ1) is 12.9. The van der Waals surface area contributed by atoms with Gasteiger partial charge in [0.1, 0.15) is 0 Å². The third-order valence-electron chi connectivity index (χ3n) is 4.54. The van der Waals surface area contributed by atoms with Crippen LogP contribution in [-0.4, -0.2) is 0 Å². The second-order valence-corrected chi connectivity index (χ2v) is 6.24. The predicted molar refractivity (Wildman–Crippen MR) is 113 cm³/mol. The summed E-state index contributed by atoms with van der Waals surface area (Å²) in [5.41, 5.74) is 2.55. The van der Waals surface area contributed by atoms with Crippen LogP contribution in [0.1, 0.15) is 0 Å². The van der Waals surface area contributed by atoms with Crippen molar-refractivity contribution in [1.82, 2.24) is 0 Å². The van der Waals surface area contributed by atoms with Gasteiger partial charge in [0.25, 0.3) is 0 Å². The van der Waals surface area contributed by atoms with E-state index in [0.29, 0.717) is 0 Å². The van der Waals surface area contributed by atoms with Crippen LogP contribution in [0.15, 0.2) is 121 Å². The van der Waals surface area contributed by atoms with Gasteiger partial charge in [0.15, 0.2) is 0 Å². The van der Waals surface area contributed by atoms with Gasteiger partial charge in [-0.1, -0.05) is 121 Å². The van der Waals surface area contributed by atoms with Crippen LogP contribution in [0.4, 0.5) is 0 Å². The van der Waals surface area contributed by atoms with Crippen LogP contribution < -0.4 is 0 Å². The van der Waals surface area contributed by atoms with Crippen molar-refractivity contribution in [2.24, 2.45) is 0 Å². The summed E-state index contributed by atoms with van der Waals surface area (Å²) in [6.45, 7) is 0. The molecule has 0 aliphatic carbocycles. The minimum atomic E-state index is 1.28. The molecular weight excluding hydrogens is 312 g/mol. The lowest BCUT2D eigenvalue weighted by atomic mass is 10.0. The molecule has 0 amide bonds. The lowest BCUT2D eigenvalue weighted by molar-refractivity contribution is 1.62. The van der Waals surface area contributed by atoms with Crippen molar-refractivity contribution in [3.05, 3.63) is 121 Å². The molecule has 124 valence electrons. The van der Waals surface area contributed by atoms with E-state index in [0.717, 1.165) is 0 Å². The first kappa shape index (κ1) is 16.1. The van der Waals surface area contributed by atoms with Gasteiger partial charge in [-0.15, -0.1) is 0 Å². The van der Waals surface area contributed by atoms with E-state index in [1.807, 2.05) is 12.1 Å². The Morgan fingerprint density at radius 3 is 1.04 bits per heavy atom. The van der Waals surface area contributed by atoms with E-state index < -0.39 is 0 Å². The fourth-order valence-electron chi connectivity index (χ4n) is 3.22. The number of benzene rings is 5. The third-order valence-corrected chi connectivity index (χ3v) is 4.54. The van der Waals surface area contributed by atoms with E-state index in [4.69, 9.17) is 0 Å². The molecule has 0 radical (unpaired) electrons. The van der Waals surface area contributed by atoms with Crippen molar-refractivity contribution in [3.8, 4) is 11.1 Å². The van der Waals surface area contributed by atoms with Crippen molar-refractivity contribution >= 4 is 21.5 Å². The summed E-state index contributed by atoms with van der Waals surface area (Å²) in [5, 5.41) is 5.30. The molecule has 0 nitrogen and oxygen atoms in total. The summed E-state index contributed by atoms with van der Waals surface area (Å²) in [6.07, 6.45) is 0. The van der Waals surface area contributed by atoms with Gasteiger partial charge in [0.05, 0.1) is 0 Å². The standard InChI is InChI=1S/C14H10.C12H10/c1-3-7-13-11(5-1)9-10-12-6-2-4-8-14(12)13;1-3-7-11(8-4-1)12-9-5-2-6-10-12/h1-10H;1-10H. The number of hydrogen-bond donors (Lipinski definition) is 0. The summed E-state index contributed by atoms with van der Waals surface area (Å²) in [6, 6.07) is 42.1. The third kappa shape index (κ3) is 3.50. The molecule has 0 aliphatic heterocycles. The van der Waals surface area contributed by atoms with Gasteiger partial charge in [0.2, 0.25) is 0 Å². The molecule has 0 spiro atoms. The quantitative estimate of drug-likeness (QED) is 0.282. The lowest BCUT2D eigenvalue weighted by Crippen LogP contribution is -1.75. The molecule has 5 rings (SSSR count). The van der Waals surface area contributed by atoms with Crippen LogP contribution in [0.25, 0.3) is 32.7 Å². The summed E-state index contributed by atoms with van der Waals surface area (Å²) in [7, 11) is 0.